The third kappa shape index (κ3) is 2.10. The van der Waals surface area contributed by atoms with E-state index in [9.17, 15) is 0 Å². The number of rotatable bonds is 1. The first kappa shape index (κ1) is 12.2. The van der Waals surface area contributed by atoms with E-state index in [0.29, 0.717) is 6.04 Å². The smallest absolute Gasteiger partial charge is 0.0961 e. The monoisotopic (exact) mass is 252 g/mol. The second-order valence-electron chi connectivity index (χ2n) is 4.35. The second kappa shape index (κ2) is 4.94. The lowest BCUT2D eigenvalue weighted by Crippen LogP contribution is -2.29. The minimum atomic E-state index is 0. The van der Waals surface area contributed by atoms with Crippen LogP contribution in [-0.4, -0.2) is 22.6 Å². The molecule has 3 rings (SSSR count). The Morgan fingerprint density at radius 1 is 1.29 bits per heavy atom. The molecule has 5 heteroatoms. The summed E-state index contributed by atoms with van der Waals surface area (Å²) < 4.78 is 2.24. The number of fused-ring (bicyclic) bond motifs is 1. The number of halogens is 1. The van der Waals surface area contributed by atoms with Crippen molar-refractivity contribution < 1.29 is 0 Å². The Morgan fingerprint density at radius 3 is 2.82 bits per heavy atom. The van der Waals surface area contributed by atoms with E-state index in [2.05, 4.69) is 14.9 Å². The molecule has 3 N–H and O–H groups in total. The van der Waals surface area contributed by atoms with E-state index in [1.807, 2.05) is 24.5 Å². The van der Waals surface area contributed by atoms with Crippen molar-refractivity contribution in [2.75, 3.05) is 18.8 Å². The minimum Gasteiger partial charge on any atom is -0.397 e. The molecule has 2 heterocycles. The molecule has 0 bridgehead atoms. The molecule has 0 saturated carbocycles. The molecule has 0 spiro atoms. The minimum absolute atomic E-state index is 0. The summed E-state index contributed by atoms with van der Waals surface area (Å²) in [6.07, 6.45) is 4.23. The maximum absolute atomic E-state index is 6.03. The molecule has 1 aromatic heterocycles. The standard InChI is InChI=1S/C12H16N4.ClH/c13-10-2-1-3-11-12(10)16(8-15-11)9-4-6-14-7-5-9;/h1-3,8-9,14H,4-7,13H2;1H. The zero-order chi connectivity index (χ0) is 11.0. The highest BCUT2D eigenvalue weighted by Gasteiger charge is 2.17. The zero-order valence-electron chi connectivity index (χ0n) is 9.60. The van der Waals surface area contributed by atoms with Crippen molar-refractivity contribution in [3.8, 4) is 0 Å². The third-order valence-corrected chi connectivity index (χ3v) is 3.33. The van der Waals surface area contributed by atoms with E-state index < -0.39 is 0 Å². The highest BCUT2D eigenvalue weighted by Crippen LogP contribution is 2.27. The molecule has 0 radical (unpaired) electrons. The number of imidazole rings is 1. The van der Waals surface area contributed by atoms with Crippen molar-refractivity contribution >= 4 is 29.1 Å². The average Bonchev–Trinajstić information content (AvgIpc) is 2.75. The van der Waals surface area contributed by atoms with Crippen LogP contribution >= 0.6 is 12.4 Å². The van der Waals surface area contributed by atoms with Crippen LogP contribution in [0.3, 0.4) is 0 Å². The lowest BCUT2D eigenvalue weighted by molar-refractivity contribution is 0.375. The number of hydrogen-bond acceptors (Lipinski definition) is 3. The van der Waals surface area contributed by atoms with Gasteiger partial charge in [-0.1, -0.05) is 6.07 Å². The summed E-state index contributed by atoms with van der Waals surface area (Å²) in [6, 6.07) is 6.46. The molecule has 0 aliphatic carbocycles. The molecular formula is C12H17ClN4. The Kier molecular flexibility index (Phi) is 3.54. The molecule has 2 aromatic rings. The molecule has 4 nitrogen and oxygen atoms in total. The molecular weight excluding hydrogens is 236 g/mol. The van der Waals surface area contributed by atoms with Gasteiger partial charge in [0.1, 0.15) is 0 Å². The molecule has 1 fully saturated rings. The average molecular weight is 253 g/mol. The number of nitrogens with zero attached hydrogens (tertiary/aromatic N) is 2. The molecule has 17 heavy (non-hydrogen) atoms. The van der Waals surface area contributed by atoms with E-state index >= 15 is 0 Å². The van der Waals surface area contributed by atoms with E-state index in [0.717, 1.165) is 42.7 Å². The van der Waals surface area contributed by atoms with Crippen LogP contribution < -0.4 is 11.1 Å². The lowest BCUT2D eigenvalue weighted by Gasteiger charge is -2.24. The van der Waals surface area contributed by atoms with Crippen LogP contribution in [0.2, 0.25) is 0 Å². The Balaban J connectivity index is 0.00000108. The van der Waals surface area contributed by atoms with Crippen LogP contribution in [0.25, 0.3) is 11.0 Å². The molecule has 1 aromatic carbocycles. The molecule has 0 atom stereocenters. The van der Waals surface area contributed by atoms with Crippen LogP contribution in [-0.2, 0) is 0 Å². The van der Waals surface area contributed by atoms with Gasteiger partial charge < -0.3 is 15.6 Å². The number of benzene rings is 1. The summed E-state index contributed by atoms with van der Waals surface area (Å²) in [5.74, 6) is 0. The largest absolute Gasteiger partial charge is 0.397 e. The SMILES string of the molecule is Cl.Nc1cccc2ncn(C3CCNCC3)c12. The normalized spacial score (nSPS) is 16.9. The first-order valence-corrected chi connectivity index (χ1v) is 5.78. The number of anilines is 1. The van der Waals surface area contributed by atoms with Crippen molar-refractivity contribution in [2.45, 2.75) is 18.9 Å². The van der Waals surface area contributed by atoms with Crippen molar-refractivity contribution in [3.63, 3.8) is 0 Å². The van der Waals surface area contributed by atoms with Gasteiger partial charge in [-0.3, -0.25) is 0 Å². The molecule has 0 amide bonds. The van der Waals surface area contributed by atoms with Gasteiger partial charge in [0, 0.05) is 6.04 Å². The Labute approximate surface area is 107 Å². The number of nitrogen functional groups attached to an aromatic ring is 1. The fraction of sp³-hybridized carbons (Fsp3) is 0.417. The van der Waals surface area contributed by atoms with Gasteiger partial charge in [-0.05, 0) is 38.1 Å². The van der Waals surface area contributed by atoms with Gasteiger partial charge in [-0.15, -0.1) is 12.4 Å². The van der Waals surface area contributed by atoms with Crippen LogP contribution in [0.1, 0.15) is 18.9 Å². The van der Waals surface area contributed by atoms with E-state index in [4.69, 9.17) is 5.73 Å². The summed E-state index contributed by atoms with van der Waals surface area (Å²) in [6.45, 7) is 2.16. The second-order valence-corrected chi connectivity index (χ2v) is 4.35. The van der Waals surface area contributed by atoms with Gasteiger partial charge in [0.15, 0.2) is 0 Å². The van der Waals surface area contributed by atoms with Crippen molar-refractivity contribution in [1.82, 2.24) is 14.9 Å². The fourth-order valence-corrected chi connectivity index (χ4v) is 2.48. The zero-order valence-corrected chi connectivity index (χ0v) is 10.4. The summed E-state index contributed by atoms with van der Waals surface area (Å²) >= 11 is 0. The maximum Gasteiger partial charge on any atom is 0.0961 e. The van der Waals surface area contributed by atoms with Gasteiger partial charge in [-0.2, -0.15) is 0 Å². The summed E-state index contributed by atoms with van der Waals surface area (Å²) in [4.78, 5) is 4.42. The summed E-state index contributed by atoms with van der Waals surface area (Å²) in [5, 5.41) is 3.37. The Hall–Kier alpha value is -1.26. The number of piperidine rings is 1. The van der Waals surface area contributed by atoms with Crippen LogP contribution in [0.4, 0.5) is 5.69 Å². The lowest BCUT2D eigenvalue weighted by atomic mass is 10.1. The Bertz CT molecular complexity index is 502. The number of nitrogens with two attached hydrogens (primary N) is 1. The van der Waals surface area contributed by atoms with Crippen LogP contribution in [0.15, 0.2) is 24.5 Å². The fourth-order valence-electron chi connectivity index (χ4n) is 2.48. The van der Waals surface area contributed by atoms with Gasteiger partial charge in [0.05, 0.1) is 23.0 Å². The third-order valence-electron chi connectivity index (χ3n) is 3.33. The van der Waals surface area contributed by atoms with Crippen LogP contribution in [0, 0.1) is 0 Å². The summed E-state index contributed by atoms with van der Waals surface area (Å²) in [5.41, 5.74) is 8.95. The first-order chi connectivity index (χ1) is 7.86. The highest BCUT2D eigenvalue weighted by molar-refractivity contribution is 5.87. The quantitative estimate of drug-likeness (QED) is 0.763. The molecule has 92 valence electrons. The van der Waals surface area contributed by atoms with E-state index in [-0.39, 0.29) is 12.4 Å². The van der Waals surface area contributed by atoms with E-state index in [1.165, 1.54) is 0 Å². The molecule has 1 aliphatic rings. The predicted molar refractivity (Wildman–Crippen MR) is 72.5 cm³/mol. The van der Waals surface area contributed by atoms with Crippen LogP contribution in [0.5, 0.6) is 0 Å². The molecule has 1 saturated heterocycles. The van der Waals surface area contributed by atoms with Gasteiger partial charge in [0.2, 0.25) is 0 Å². The number of para-hydroxylation sites is 1. The molecule has 0 unspecified atom stereocenters. The Morgan fingerprint density at radius 2 is 2.06 bits per heavy atom. The number of aromatic nitrogens is 2. The number of nitrogens with one attached hydrogen (secondary N) is 1. The maximum atomic E-state index is 6.03. The van der Waals surface area contributed by atoms with Crippen molar-refractivity contribution in [3.05, 3.63) is 24.5 Å². The topological polar surface area (TPSA) is 55.9 Å². The summed E-state index contributed by atoms with van der Waals surface area (Å²) in [7, 11) is 0. The van der Waals surface area contributed by atoms with Gasteiger partial charge in [0.25, 0.3) is 0 Å². The van der Waals surface area contributed by atoms with E-state index in [1.54, 1.807) is 0 Å². The van der Waals surface area contributed by atoms with Gasteiger partial charge >= 0.3 is 0 Å². The van der Waals surface area contributed by atoms with Gasteiger partial charge in [-0.25, -0.2) is 4.98 Å². The van der Waals surface area contributed by atoms with Crippen molar-refractivity contribution in [1.29, 1.82) is 0 Å². The van der Waals surface area contributed by atoms with Crippen molar-refractivity contribution in [2.24, 2.45) is 0 Å². The predicted octanol–water partition coefficient (Wildman–Crippen LogP) is 1.96. The first-order valence-electron chi connectivity index (χ1n) is 5.78. The number of hydrogen-bond donors (Lipinski definition) is 2. The highest BCUT2D eigenvalue weighted by atomic mass is 35.5. The molecule has 1 aliphatic heterocycles.